The van der Waals surface area contributed by atoms with Gasteiger partial charge in [-0.2, -0.15) is 13.2 Å². The molecular formula is C27H41F3O4. The van der Waals surface area contributed by atoms with E-state index in [9.17, 15) is 22.8 Å². The Hall–Kier alpha value is -2.05. The van der Waals surface area contributed by atoms with Gasteiger partial charge in [0.2, 0.25) is 0 Å². The van der Waals surface area contributed by atoms with Gasteiger partial charge in [0.05, 0.1) is 17.7 Å². The average Bonchev–Trinajstić information content (AvgIpc) is 2.81. The molecule has 0 heterocycles. The molecule has 1 rings (SSSR count). The summed E-state index contributed by atoms with van der Waals surface area (Å²) in [5, 5.41) is 0. The summed E-state index contributed by atoms with van der Waals surface area (Å²) in [4.78, 5) is 24.2. The molecule has 0 atom stereocenters. The predicted molar refractivity (Wildman–Crippen MR) is 128 cm³/mol. The Morgan fingerprint density at radius 1 is 0.647 bits per heavy atom. The number of benzene rings is 1. The normalized spacial score (nSPS) is 11.4. The summed E-state index contributed by atoms with van der Waals surface area (Å²) in [6, 6.07) is 5.57. The summed E-state index contributed by atoms with van der Waals surface area (Å²) >= 11 is 0. The van der Waals surface area contributed by atoms with Gasteiger partial charge in [0.1, 0.15) is 0 Å². The van der Waals surface area contributed by atoms with Gasteiger partial charge < -0.3 is 9.47 Å². The Balaban J connectivity index is 2.09. The van der Waals surface area contributed by atoms with E-state index in [2.05, 4.69) is 11.7 Å². The third-order valence-electron chi connectivity index (χ3n) is 5.71. The van der Waals surface area contributed by atoms with Gasteiger partial charge in [0.25, 0.3) is 0 Å². The maximum atomic E-state index is 12.3. The van der Waals surface area contributed by atoms with E-state index in [1.54, 1.807) is 0 Å². The SMILES string of the molecule is CCCCCCCCCCCCCCCCCOC(=O)c1ccccc1C(=O)OCC(F)(F)F. The molecule has 7 heteroatoms. The minimum atomic E-state index is -4.63. The van der Waals surface area contributed by atoms with E-state index >= 15 is 0 Å². The van der Waals surface area contributed by atoms with Crippen LogP contribution in [-0.2, 0) is 9.47 Å². The van der Waals surface area contributed by atoms with E-state index in [1.807, 2.05) is 0 Å². The topological polar surface area (TPSA) is 52.6 Å². The van der Waals surface area contributed by atoms with Crippen LogP contribution in [0.15, 0.2) is 24.3 Å². The molecule has 0 aliphatic carbocycles. The highest BCUT2D eigenvalue weighted by Gasteiger charge is 2.30. The van der Waals surface area contributed by atoms with E-state index in [0.29, 0.717) is 6.42 Å². The van der Waals surface area contributed by atoms with E-state index in [4.69, 9.17) is 4.74 Å². The van der Waals surface area contributed by atoms with Crippen molar-refractivity contribution >= 4 is 11.9 Å². The summed E-state index contributed by atoms with van der Waals surface area (Å²) in [5.41, 5.74) is -0.316. The van der Waals surface area contributed by atoms with Gasteiger partial charge in [0, 0.05) is 0 Å². The third kappa shape index (κ3) is 15.0. The Kier molecular flexibility index (Phi) is 16.1. The molecule has 0 aliphatic heterocycles. The minimum absolute atomic E-state index is 0.0874. The van der Waals surface area contributed by atoms with E-state index < -0.39 is 24.7 Å². The molecule has 0 spiro atoms. The molecular weight excluding hydrogens is 445 g/mol. The quantitative estimate of drug-likeness (QED) is 0.145. The molecule has 34 heavy (non-hydrogen) atoms. The number of carbonyl (C=O) groups is 2. The molecule has 0 amide bonds. The number of rotatable bonds is 19. The Morgan fingerprint density at radius 2 is 1.03 bits per heavy atom. The smallest absolute Gasteiger partial charge is 0.422 e. The lowest BCUT2D eigenvalue weighted by Gasteiger charge is -2.11. The summed E-state index contributed by atoms with van der Waals surface area (Å²) in [5.74, 6) is -1.93. The van der Waals surface area contributed by atoms with Crippen LogP contribution in [0, 0.1) is 0 Å². The van der Waals surface area contributed by atoms with Crippen molar-refractivity contribution in [2.45, 2.75) is 109 Å². The van der Waals surface area contributed by atoms with Crippen LogP contribution in [0.4, 0.5) is 13.2 Å². The van der Waals surface area contributed by atoms with Crippen LogP contribution in [0.3, 0.4) is 0 Å². The molecule has 0 bridgehead atoms. The van der Waals surface area contributed by atoms with Crippen LogP contribution in [0.2, 0.25) is 0 Å². The van der Waals surface area contributed by atoms with Crippen LogP contribution in [0.25, 0.3) is 0 Å². The largest absolute Gasteiger partial charge is 0.462 e. The minimum Gasteiger partial charge on any atom is -0.462 e. The first kappa shape index (κ1) is 30.0. The first-order chi connectivity index (χ1) is 16.3. The summed E-state index contributed by atoms with van der Waals surface area (Å²) in [6.07, 6.45) is 13.9. The maximum absolute atomic E-state index is 12.3. The van der Waals surface area contributed by atoms with Crippen molar-refractivity contribution in [2.75, 3.05) is 13.2 Å². The lowest BCUT2D eigenvalue weighted by Crippen LogP contribution is -2.22. The molecule has 0 unspecified atom stereocenters. The second-order valence-corrected chi connectivity index (χ2v) is 8.82. The van der Waals surface area contributed by atoms with Crippen LogP contribution < -0.4 is 0 Å². The highest BCUT2D eigenvalue weighted by Crippen LogP contribution is 2.18. The molecule has 0 saturated carbocycles. The van der Waals surface area contributed by atoms with Crippen LogP contribution in [0.1, 0.15) is 124 Å². The molecule has 4 nitrogen and oxygen atoms in total. The zero-order valence-electron chi connectivity index (χ0n) is 20.6. The van der Waals surface area contributed by atoms with Gasteiger partial charge in [-0.15, -0.1) is 0 Å². The maximum Gasteiger partial charge on any atom is 0.422 e. The highest BCUT2D eigenvalue weighted by molar-refractivity contribution is 6.03. The number of alkyl halides is 3. The van der Waals surface area contributed by atoms with Crippen molar-refractivity contribution in [1.29, 1.82) is 0 Å². The lowest BCUT2D eigenvalue weighted by molar-refractivity contribution is -0.161. The number of unbranched alkanes of at least 4 members (excludes halogenated alkanes) is 14. The fourth-order valence-corrected chi connectivity index (χ4v) is 3.78. The standard InChI is InChI=1S/C27H41F3O4/c1-2-3-4-5-6-7-8-9-10-11-12-13-14-15-18-21-33-25(31)23-19-16-17-20-24(23)26(32)34-22-27(28,29)30/h16-17,19-20H,2-15,18,21-22H2,1H3. The van der Waals surface area contributed by atoms with Crippen molar-refractivity contribution in [3.63, 3.8) is 0 Å². The fraction of sp³-hybridized carbons (Fsp3) is 0.704. The molecule has 194 valence electrons. The van der Waals surface area contributed by atoms with Gasteiger partial charge in [-0.3, -0.25) is 0 Å². The van der Waals surface area contributed by atoms with Crippen molar-refractivity contribution in [3.8, 4) is 0 Å². The Bertz CT molecular complexity index is 689. The van der Waals surface area contributed by atoms with Gasteiger partial charge in [-0.1, -0.05) is 109 Å². The van der Waals surface area contributed by atoms with Gasteiger partial charge >= 0.3 is 18.1 Å². The number of hydrogen-bond acceptors (Lipinski definition) is 4. The van der Waals surface area contributed by atoms with Crippen molar-refractivity contribution in [3.05, 3.63) is 35.4 Å². The highest BCUT2D eigenvalue weighted by atomic mass is 19.4. The molecule has 1 aromatic rings. The molecule has 0 saturated heterocycles. The summed E-state index contributed by atoms with van der Waals surface area (Å²) in [6.45, 7) is 0.754. The lowest BCUT2D eigenvalue weighted by atomic mass is 10.0. The Labute approximate surface area is 202 Å². The Morgan fingerprint density at radius 3 is 1.44 bits per heavy atom. The van der Waals surface area contributed by atoms with E-state index in [1.165, 1.54) is 101 Å². The second-order valence-electron chi connectivity index (χ2n) is 8.82. The van der Waals surface area contributed by atoms with Gasteiger partial charge in [0.15, 0.2) is 6.61 Å². The molecule has 1 aromatic carbocycles. The molecule has 0 fully saturated rings. The van der Waals surface area contributed by atoms with Crippen molar-refractivity contribution in [1.82, 2.24) is 0 Å². The molecule has 0 aromatic heterocycles. The third-order valence-corrected chi connectivity index (χ3v) is 5.71. The fourth-order valence-electron chi connectivity index (χ4n) is 3.78. The number of ether oxygens (including phenoxy) is 2. The molecule has 0 aliphatic rings. The van der Waals surface area contributed by atoms with Crippen LogP contribution >= 0.6 is 0 Å². The molecule has 0 N–H and O–H groups in total. The zero-order valence-corrected chi connectivity index (χ0v) is 20.6. The number of halogens is 3. The van der Waals surface area contributed by atoms with Gasteiger partial charge in [-0.05, 0) is 18.6 Å². The summed E-state index contributed by atoms with van der Waals surface area (Å²) in [7, 11) is 0. The van der Waals surface area contributed by atoms with E-state index in [0.717, 1.165) is 12.8 Å². The van der Waals surface area contributed by atoms with E-state index in [-0.39, 0.29) is 17.7 Å². The summed E-state index contributed by atoms with van der Waals surface area (Å²) < 4.78 is 46.3. The van der Waals surface area contributed by atoms with Crippen LogP contribution in [-0.4, -0.2) is 31.3 Å². The molecule has 0 radical (unpaired) electrons. The second kappa shape index (κ2) is 18.3. The van der Waals surface area contributed by atoms with Gasteiger partial charge in [-0.25, -0.2) is 9.59 Å². The number of carbonyl (C=O) groups excluding carboxylic acids is 2. The average molecular weight is 487 g/mol. The van der Waals surface area contributed by atoms with Crippen LogP contribution in [0.5, 0.6) is 0 Å². The first-order valence-corrected chi connectivity index (χ1v) is 12.8. The van der Waals surface area contributed by atoms with Crippen molar-refractivity contribution < 1.29 is 32.2 Å². The van der Waals surface area contributed by atoms with Crippen molar-refractivity contribution in [2.24, 2.45) is 0 Å². The monoisotopic (exact) mass is 486 g/mol. The first-order valence-electron chi connectivity index (χ1n) is 12.8. The zero-order chi connectivity index (χ0) is 25.1. The predicted octanol–water partition coefficient (Wildman–Crippen LogP) is 8.43. The number of hydrogen-bond donors (Lipinski definition) is 0. The number of esters is 2.